The maximum atomic E-state index is 13.2. The van der Waals surface area contributed by atoms with E-state index < -0.39 is 134 Å². The second-order valence-corrected chi connectivity index (χ2v) is 38.5. The second-order valence-electron chi connectivity index (χ2n) is 37.0. The van der Waals surface area contributed by atoms with Gasteiger partial charge in [0.15, 0.2) is 30.3 Å². The summed E-state index contributed by atoms with van der Waals surface area (Å²) in [6.07, 6.45) is 65.5. The molecule has 0 aromatic carbocycles. The number of unbranched alkanes of at least 4 members (excludes halogenated alkanes) is 48. The summed E-state index contributed by atoms with van der Waals surface area (Å²) in [6.45, 7) is 24.9. The fourth-order valence-corrected chi connectivity index (χ4v) is 20.1. The van der Waals surface area contributed by atoms with Crippen molar-refractivity contribution in [2.75, 3.05) is 33.0 Å². The van der Waals surface area contributed by atoms with Crippen LogP contribution in [0.4, 0.5) is 0 Å². The number of H-pyrrole nitrogens is 3. The molecule has 8 heterocycles. The van der Waals surface area contributed by atoms with Gasteiger partial charge in [-0.3, -0.25) is 43.0 Å². The first-order chi connectivity index (χ1) is 61.2. The smallest absolute Gasteiger partial charge is 0.330 e. The van der Waals surface area contributed by atoms with Gasteiger partial charge in [0.2, 0.25) is 6.54 Å². The van der Waals surface area contributed by atoms with Gasteiger partial charge in [0.05, 0.1) is 19.8 Å². The summed E-state index contributed by atoms with van der Waals surface area (Å²) in [5, 5.41) is 38.2. The number of aliphatic hydroxyl groups excluding tert-OH is 4. The highest BCUT2D eigenvalue weighted by Crippen LogP contribution is 2.51. The first-order valence-corrected chi connectivity index (χ1v) is 51.7. The molecule has 3 aromatic heterocycles. The summed E-state index contributed by atoms with van der Waals surface area (Å²) in [7, 11) is -1.50. The maximum Gasteiger partial charge on any atom is 0.330 e. The number of aliphatic hydroxyl groups is 4. The van der Waals surface area contributed by atoms with E-state index in [4.69, 9.17) is 53.9 Å². The number of nitrogens with zero attached hydrogens (tertiary/aromatic N) is 5. The molecule has 0 bridgehead atoms. The normalized spacial score (nSPS) is 22.5. The van der Waals surface area contributed by atoms with Crippen LogP contribution in [-0.2, 0) is 42.2 Å². The minimum Gasteiger partial charge on any atom is -0.394 e. The highest BCUT2D eigenvalue weighted by atomic mass is 31.2. The van der Waals surface area contributed by atoms with Gasteiger partial charge in [-0.15, -0.1) is 0 Å². The lowest BCUT2D eigenvalue weighted by Crippen LogP contribution is -2.38. The van der Waals surface area contributed by atoms with E-state index >= 15 is 0 Å². The van der Waals surface area contributed by atoms with Gasteiger partial charge in [0.1, 0.15) is 61.5 Å². The number of hydrogen-bond acceptors (Lipinski definition) is 20. The molecule has 0 radical (unpaired) electrons. The third-order valence-electron chi connectivity index (χ3n) is 25.7. The average molecular weight is 1800 g/mol. The topological polar surface area (TPSA) is 336 Å². The molecule has 0 amide bonds. The molecule has 724 valence electrons. The molecule has 5 aliphatic rings. The summed E-state index contributed by atoms with van der Waals surface area (Å²) in [5.41, 5.74) is -3.32. The molecular formula is C98H173N8O19P. The van der Waals surface area contributed by atoms with Crippen LogP contribution < -0.4 is 33.7 Å². The number of aromatic nitrogens is 6. The van der Waals surface area contributed by atoms with Crippen molar-refractivity contribution in [3.8, 4) is 0 Å². The molecule has 8 rings (SSSR count). The Balaban J connectivity index is 0.000000332. The van der Waals surface area contributed by atoms with E-state index in [0.29, 0.717) is 0 Å². The van der Waals surface area contributed by atoms with Gasteiger partial charge >= 0.3 is 17.1 Å². The third kappa shape index (κ3) is 40.1. The Morgan fingerprint density at radius 2 is 0.643 bits per heavy atom. The molecule has 0 spiro atoms. The van der Waals surface area contributed by atoms with E-state index in [1.54, 1.807) is 0 Å². The summed E-state index contributed by atoms with van der Waals surface area (Å²) >= 11 is 0. The van der Waals surface area contributed by atoms with Crippen LogP contribution in [0.2, 0.25) is 0 Å². The van der Waals surface area contributed by atoms with Gasteiger partial charge in [0, 0.05) is 74.6 Å². The van der Waals surface area contributed by atoms with Crippen LogP contribution in [0.25, 0.3) is 4.85 Å². The number of hydrogen-bond donors (Lipinski definition) is 7. The summed E-state index contributed by atoms with van der Waals surface area (Å²) in [5.74, 6) is -1.51. The molecule has 28 heteroatoms. The third-order valence-corrected chi connectivity index (χ3v) is 27.8. The van der Waals surface area contributed by atoms with E-state index in [2.05, 4.69) is 74.9 Å². The van der Waals surface area contributed by atoms with Gasteiger partial charge in [-0.25, -0.2) is 25.6 Å². The minimum atomic E-state index is -1.50. The Bertz CT molecular complexity index is 3630. The Morgan fingerprint density at radius 3 is 0.913 bits per heavy atom. The lowest BCUT2D eigenvalue weighted by Gasteiger charge is -2.36. The van der Waals surface area contributed by atoms with Crippen LogP contribution in [0.5, 0.6) is 0 Å². The predicted octanol–water partition coefficient (Wildman–Crippen LogP) is 20.2. The fraction of sp³-hybridized carbons (Fsp3) is 0.867. The SMILES string of the molecule is CCCCCCCCCCCCCCCC1(CCCCCCCCCCCCCCC)OC2[C@@H](CO)O[C@@H](n3ccc(=O)[nH]c3=O)[C@H]2O1.O=c1ccn([C@@H]2O[C@H](CO)C(O)[C@@H]2O)c(=O)[nH]1.[C-]#[N+]CCOP(OC[C@H]1O[C@@H](n2ccc(=O)[nH]c2=O)[C@H]2OC(CCCCCCCCCCCCCCC)(CCCCCCCCCCCCCCC)OC12)N(C(C)C)C(C)C. The number of aromatic amines is 3. The van der Waals surface area contributed by atoms with Crippen molar-refractivity contribution in [1.29, 1.82) is 0 Å². The number of rotatable bonds is 70. The van der Waals surface area contributed by atoms with Crippen molar-refractivity contribution in [3.63, 3.8) is 0 Å². The van der Waals surface area contributed by atoms with Crippen molar-refractivity contribution in [2.45, 2.75) is 512 Å². The average Bonchev–Trinajstić information content (AvgIpc) is 1.57. The molecule has 4 unspecified atom stereocenters. The van der Waals surface area contributed by atoms with E-state index in [9.17, 15) is 44.1 Å². The second kappa shape index (κ2) is 65.1. The summed E-state index contributed by atoms with van der Waals surface area (Å²) in [6, 6.07) is 4.07. The van der Waals surface area contributed by atoms with Crippen LogP contribution >= 0.6 is 8.53 Å². The monoisotopic (exact) mass is 1800 g/mol. The first-order valence-electron chi connectivity index (χ1n) is 50.6. The van der Waals surface area contributed by atoms with Crippen LogP contribution in [0.3, 0.4) is 0 Å². The zero-order valence-electron chi connectivity index (χ0n) is 79.3. The van der Waals surface area contributed by atoms with E-state index in [1.165, 1.54) is 316 Å². The quantitative estimate of drug-likeness (QED) is 0.0157. The molecular weight excluding hydrogens is 1620 g/mol. The zero-order chi connectivity index (χ0) is 91.0. The summed E-state index contributed by atoms with van der Waals surface area (Å²) in [4.78, 5) is 82.2. The number of fused-ring (bicyclic) bond motifs is 2. The van der Waals surface area contributed by atoms with Gasteiger partial charge in [0.25, 0.3) is 25.2 Å². The first kappa shape index (κ1) is 110. The van der Waals surface area contributed by atoms with Crippen molar-refractivity contribution in [1.82, 2.24) is 33.3 Å². The summed E-state index contributed by atoms with van der Waals surface area (Å²) < 4.78 is 64.2. The zero-order valence-corrected chi connectivity index (χ0v) is 80.2. The Hall–Kier alpha value is -4.60. The van der Waals surface area contributed by atoms with Crippen molar-refractivity contribution in [2.24, 2.45) is 0 Å². The van der Waals surface area contributed by atoms with Crippen molar-refractivity contribution >= 4 is 8.53 Å². The van der Waals surface area contributed by atoms with Gasteiger partial charge in [-0.1, -0.05) is 336 Å². The van der Waals surface area contributed by atoms with Gasteiger partial charge < -0.3 is 67.5 Å². The minimum absolute atomic E-state index is 0.156. The molecule has 5 saturated heterocycles. The number of nitrogens with one attached hydrogen (secondary N) is 3. The van der Waals surface area contributed by atoms with E-state index in [0.717, 1.165) is 93.9 Å². The van der Waals surface area contributed by atoms with Crippen LogP contribution in [0.1, 0.15) is 434 Å². The number of ether oxygens (including phenoxy) is 7. The van der Waals surface area contributed by atoms with Gasteiger partial charge in [-0.05, 0) is 53.4 Å². The van der Waals surface area contributed by atoms with Crippen molar-refractivity contribution < 1.29 is 62.6 Å². The molecule has 0 saturated carbocycles. The molecule has 0 aliphatic carbocycles. The van der Waals surface area contributed by atoms with Crippen LogP contribution in [0.15, 0.2) is 65.6 Å². The Labute approximate surface area is 756 Å². The van der Waals surface area contributed by atoms with Crippen molar-refractivity contribution in [3.05, 3.63) is 111 Å². The Kier molecular flexibility index (Phi) is 56.9. The molecule has 27 nitrogen and oxygen atoms in total. The van der Waals surface area contributed by atoms with Gasteiger partial charge in [-0.2, -0.15) is 0 Å². The standard InChI is InChI=1S/C49H89N4O7P.C40H72N2O6.C9H12N2O6/c1-8-10-12-14-16-18-20-22-24-26-28-30-32-35-49(36-33-31-29-27-25-23-21-19-17-15-13-11-9-2)59-45-43(40-57-61(56-39-37-50-7)53(41(3)4)42(5)6)58-47(46(45)60-49)52-38-34-44(54)51-48(52)55;1-3-5-7-9-11-13-15-17-19-21-23-25-27-30-40(31-28-26-24-22-20-18-16-14-12-10-8-6-4-2)47-36-34(33-43)46-38(37(36)48-40)42-32-29-35(44)41-39(42)45;12-3-4-6(14)7(15)8(17-4)11-2-1-5(13)10-9(11)16/h34,38,41-43,45-47H,8-33,35-37,39-40H2,1-6H3,(H,51,54,55);29,32,34,36-38,43H,3-28,30-31,33H2,1-2H3,(H,41,44,45);1-2,4,6-8,12,14-15H,3H2,(H,10,13,16)/t43-,45?,46+,47-,61?;34-,36?,37+,38-;4-,6?,7+,8-/m111/s1. The highest BCUT2D eigenvalue weighted by Gasteiger charge is 2.60. The molecule has 126 heavy (non-hydrogen) atoms. The molecule has 3 aromatic rings. The molecule has 13 atom stereocenters. The molecule has 7 N–H and O–H groups in total. The van der Waals surface area contributed by atoms with E-state index in [-0.39, 0.29) is 38.4 Å². The Morgan fingerprint density at radius 1 is 0.381 bits per heavy atom. The van der Waals surface area contributed by atoms with Crippen LogP contribution in [0, 0.1) is 6.57 Å². The maximum absolute atomic E-state index is 13.2. The predicted molar refractivity (Wildman–Crippen MR) is 500 cm³/mol. The fourth-order valence-electron chi connectivity index (χ4n) is 18.5. The molecule has 5 fully saturated rings. The van der Waals surface area contributed by atoms with Crippen LogP contribution in [-0.4, -0.2) is 165 Å². The van der Waals surface area contributed by atoms with E-state index in [1.807, 2.05) is 4.98 Å². The largest absolute Gasteiger partial charge is 0.394 e. The lowest BCUT2D eigenvalue weighted by molar-refractivity contribution is -0.228. The lowest BCUT2D eigenvalue weighted by atomic mass is 9.98. The highest BCUT2D eigenvalue weighted by molar-refractivity contribution is 7.44. The molecule has 5 aliphatic heterocycles.